The van der Waals surface area contributed by atoms with Crippen LogP contribution in [0.15, 0.2) is 23.0 Å². The second-order valence-corrected chi connectivity index (χ2v) is 4.68. The number of piperidine rings is 1. The average molecular weight is 271 g/mol. The Morgan fingerprint density at radius 2 is 2.00 bits per heavy atom. The molecule has 1 fully saturated rings. The van der Waals surface area contributed by atoms with Gasteiger partial charge in [0.05, 0.1) is 18.2 Å². The molecule has 8 heteroatoms. The smallest absolute Gasteiger partial charge is 0.250 e. The van der Waals surface area contributed by atoms with Gasteiger partial charge in [-0.2, -0.15) is 0 Å². The van der Waals surface area contributed by atoms with Crippen molar-refractivity contribution in [3.63, 3.8) is 0 Å². The topological polar surface area (TPSA) is 136 Å². The highest BCUT2D eigenvalue weighted by Gasteiger charge is 2.32. The molecule has 1 aromatic heterocycles. The SMILES string of the molecule is O.O=[N+]([O-])[O-].O=c1cccc2n1C[C@@H]1C[NH2+]C[C@H]2C1. The molecule has 19 heavy (non-hydrogen) atoms. The quantitative estimate of drug-likeness (QED) is 0.451. The van der Waals surface area contributed by atoms with Crippen molar-refractivity contribution < 1.29 is 15.9 Å². The van der Waals surface area contributed by atoms with E-state index in [1.54, 1.807) is 6.07 Å². The van der Waals surface area contributed by atoms with Gasteiger partial charge in [0.1, 0.15) is 0 Å². The van der Waals surface area contributed by atoms with Crippen molar-refractivity contribution in [2.45, 2.75) is 18.9 Å². The van der Waals surface area contributed by atoms with E-state index in [0.29, 0.717) is 11.8 Å². The number of hydrogen-bond acceptors (Lipinski definition) is 4. The summed E-state index contributed by atoms with van der Waals surface area (Å²) in [5, 5.41) is 17.1. The van der Waals surface area contributed by atoms with Gasteiger partial charge in [0.15, 0.2) is 0 Å². The summed E-state index contributed by atoms with van der Waals surface area (Å²) in [5.41, 5.74) is 1.43. The van der Waals surface area contributed by atoms with E-state index in [1.165, 1.54) is 18.7 Å². The first-order valence-electron chi connectivity index (χ1n) is 5.91. The predicted octanol–water partition coefficient (Wildman–Crippen LogP) is -1.53. The zero-order valence-electron chi connectivity index (χ0n) is 10.3. The van der Waals surface area contributed by atoms with Gasteiger partial charge in [-0.15, -0.1) is 0 Å². The van der Waals surface area contributed by atoms with E-state index >= 15 is 0 Å². The molecular weight excluding hydrogens is 254 g/mol. The summed E-state index contributed by atoms with van der Waals surface area (Å²) in [5.74, 6) is 1.32. The van der Waals surface area contributed by atoms with Crippen LogP contribution < -0.4 is 10.9 Å². The Labute approximate surface area is 109 Å². The lowest BCUT2D eigenvalue weighted by molar-refractivity contribution is -0.673. The molecule has 0 aliphatic carbocycles. The van der Waals surface area contributed by atoms with Crippen LogP contribution in [-0.4, -0.2) is 28.2 Å². The maximum Gasteiger partial charge on any atom is 0.250 e. The molecule has 2 aliphatic rings. The summed E-state index contributed by atoms with van der Waals surface area (Å²) in [6.07, 6.45) is 1.28. The third kappa shape index (κ3) is 3.52. The third-order valence-corrected chi connectivity index (χ3v) is 3.51. The molecule has 4 N–H and O–H groups in total. The number of nitrogens with two attached hydrogens (primary N) is 1. The molecule has 1 saturated heterocycles. The van der Waals surface area contributed by atoms with Crippen molar-refractivity contribution in [1.29, 1.82) is 0 Å². The number of aromatic nitrogens is 1. The average Bonchev–Trinajstić information content (AvgIpc) is 2.30. The highest BCUT2D eigenvalue weighted by atomic mass is 16.9. The van der Waals surface area contributed by atoms with Gasteiger partial charge in [0.25, 0.3) is 5.56 Å². The molecule has 8 nitrogen and oxygen atoms in total. The molecule has 3 rings (SSSR count). The highest BCUT2D eigenvalue weighted by Crippen LogP contribution is 2.29. The van der Waals surface area contributed by atoms with Gasteiger partial charge in [-0.25, -0.2) is 0 Å². The van der Waals surface area contributed by atoms with Crippen LogP contribution in [0.3, 0.4) is 0 Å². The molecule has 0 radical (unpaired) electrons. The molecule has 2 bridgehead atoms. The zero-order chi connectivity index (χ0) is 13.1. The first-order valence-corrected chi connectivity index (χ1v) is 5.91. The van der Waals surface area contributed by atoms with Crippen molar-refractivity contribution >= 4 is 0 Å². The Hall–Kier alpha value is -1.93. The molecule has 0 aromatic carbocycles. The van der Waals surface area contributed by atoms with Crippen LogP contribution in [0.2, 0.25) is 0 Å². The molecule has 0 unspecified atom stereocenters. The summed E-state index contributed by atoms with van der Waals surface area (Å²) in [7, 11) is 0. The lowest BCUT2D eigenvalue weighted by Gasteiger charge is -2.35. The Balaban J connectivity index is 0.000000323. The minimum Gasteiger partial charge on any atom is -0.412 e. The van der Waals surface area contributed by atoms with Crippen molar-refractivity contribution in [3.8, 4) is 0 Å². The summed E-state index contributed by atoms with van der Waals surface area (Å²) in [6, 6.07) is 5.68. The summed E-state index contributed by atoms with van der Waals surface area (Å²) in [6.45, 7) is 3.28. The Kier molecular flexibility index (Phi) is 5.02. The van der Waals surface area contributed by atoms with Crippen LogP contribution in [0, 0.1) is 21.2 Å². The molecule has 1 aromatic rings. The molecule has 3 heterocycles. The Bertz CT molecular complexity index is 497. The van der Waals surface area contributed by atoms with E-state index in [0.717, 1.165) is 13.1 Å². The van der Waals surface area contributed by atoms with Crippen LogP contribution in [0.25, 0.3) is 0 Å². The van der Waals surface area contributed by atoms with Gasteiger partial charge in [-0.3, -0.25) is 4.79 Å². The van der Waals surface area contributed by atoms with E-state index in [9.17, 15) is 4.79 Å². The molecular formula is C11H17N3O5. The normalized spacial score (nSPS) is 23.2. The van der Waals surface area contributed by atoms with Crippen molar-refractivity contribution in [2.75, 3.05) is 13.1 Å². The van der Waals surface area contributed by atoms with Crippen LogP contribution in [0.4, 0.5) is 0 Å². The maximum atomic E-state index is 11.6. The van der Waals surface area contributed by atoms with E-state index in [1.807, 2.05) is 10.6 Å². The van der Waals surface area contributed by atoms with Gasteiger partial charge in [0.2, 0.25) is 0 Å². The van der Waals surface area contributed by atoms with Crippen LogP contribution in [-0.2, 0) is 6.54 Å². The fourth-order valence-electron chi connectivity index (χ4n) is 2.86. The molecule has 2 aliphatic heterocycles. The van der Waals surface area contributed by atoms with E-state index in [2.05, 4.69) is 11.4 Å². The number of hydrogen-bond donors (Lipinski definition) is 1. The minimum absolute atomic E-state index is 0. The first kappa shape index (κ1) is 15.1. The Morgan fingerprint density at radius 1 is 1.32 bits per heavy atom. The fourth-order valence-corrected chi connectivity index (χ4v) is 2.86. The van der Waals surface area contributed by atoms with Crippen molar-refractivity contribution in [2.24, 2.45) is 5.92 Å². The number of rotatable bonds is 0. The Morgan fingerprint density at radius 3 is 2.68 bits per heavy atom. The maximum absolute atomic E-state index is 11.6. The zero-order valence-corrected chi connectivity index (χ0v) is 10.3. The van der Waals surface area contributed by atoms with Gasteiger partial charge in [0, 0.05) is 30.1 Å². The fraction of sp³-hybridized carbons (Fsp3) is 0.545. The number of nitrogens with zero attached hydrogens (tertiary/aromatic N) is 2. The third-order valence-electron chi connectivity index (χ3n) is 3.51. The minimum atomic E-state index is -1.75. The van der Waals surface area contributed by atoms with E-state index in [-0.39, 0.29) is 11.0 Å². The molecule has 0 spiro atoms. The van der Waals surface area contributed by atoms with E-state index < -0.39 is 5.09 Å². The second-order valence-electron chi connectivity index (χ2n) is 4.68. The lowest BCUT2D eigenvalue weighted by Crippen LogP contribution is -2.89. The molecule has 0 amide bonds. The number of pyridine rings is 1. The van der Waals surface area contributed by atoms with Gasteiger partial charge >= 0.3 is 0 Å². The molecule has 0 saturated carbocycles. The molecule has 106 valence electrons. The van der Waals surface area contributed by atoms with Crippen molar-refractivity contribution in [1.82, 2.24) is 4.57 Å². The van der Waals surface area contributed by atoms with Gasteiger partial charge in [-0.05, 0) is 12.5 Å². The standard InChI is InChI=1S/C11H14N2O.NO3.H2O/c14-11-3-1-2-10-9-4-8(5-12-6-9)7-13(10)11;2-1(3)4;/h1-3,8-9,12H,4-7H2;;1H2/q;-1;/p+1/t8-,9+;;/m0../s1. The molecule has 2 atom stereocenters. The van der Waals surface area contributed by atoms with Crippen LogP contribution in [0.5, 0.6) is 0 Å². The van der Waals surface area contributed by atoms with Crippen molar-refractivity contribution in [3.05, 3.63) is 49.6 Å². The summed E-state index contributed by atoms with van der Waals surface area (Å²) >= 11 is 0. The highest BCUT2D eigenvalue weighted by molar-refractivity contribution is 5.15. The van der Waals surface area contributed by atoms with Gasteiger partial charge < -0.3 is 30.7 Å². The van der Waals surface area contributed by atoms with Crippen LogP contribution in [0.1, 0.15) is 18.0 Å². The second kappa shape index (κ2) is 6.30. The number of quaternary nitrogens is 1. The first-order chi connectivity index (χ1) is 8.58. The van der Waals surface area contributed by atoms with E-state index in [4.69, 9.17) is 15.3 Å². The van der Waals surface area contributed by atoms with Gasteiger partial charge in [-0.1, -0.05) is 6.07 Å². The summed E-state index contributed by atoms with van der Waals surface area (Å²) < 4.78 is 1.98. The monoisotopic (exact) mass is 271 g/mol. The van der Waals surface area contributed by atoms with Crippen LogP contribution >= 0.6 is 0 Å². The summed E-state index contributed by atoms with van der Waals surface area (Å²) in [4.78, 5) is 19.9. The number of fused-ring (bicyclic) bond motifs is 4. The largest absolute Gasteiger partial charge is 0.412 e. The lowest BCUT2D eigenvalue weighted by atomic mass is 9.84. The predicted molar refractivity (Wildman–Crippen MR) is 67.2 cm³/mol.